The van der Waals surface area contributed by atoms with Crippen LogP contribution < -0.4 is 5.11 Å². The highest BCUT2D eigenvalue weighted by atomic mass is 32.2. The van der Waals surface area contributed by atoms with Crippen molar-refractivity contribution in [2.24, 2.45) is 0 Å². The van der Waals surface area contributed by atoms with Gasteiger partial charge in [-0.1, -0.05) is 5.16 Å². The Morgan fingerprint density at radius 2 is 2.31 bits per heavy atom. The number of hydrogen-bond donors (Lipinski definition) is 0. The third-order valence-electron chi connectivity index (χ3n) is 1.17. The van der Waals surface area contributed by atoms with Crippen molar-refractivity contribution >= 4 is 15.8 Å². The summed E-state index contributed by atoms with van der Waals surface area (Å²) >= 11 is 0. The summed E-state index contributed by atoms with van der Waals surface area (Å²) in [5.74, 6) is -1.88. The smallest absolute Gasteiger partial charge is 0.154 e. The van der Waals surface area contributed by atoms with Crippen LogP contribution in [0, 0.1) is 0 Å². The molecule has 0 fully saturated rings. The molecule has 1 aromatic rings. The van der Waals surface area contributed by atoms with Crippen LogP contribution in [0.15, 0.2) is 10.6 Å². The molecule has 0 atom stereocenters. The lowest BCUT2D eigenvalue weighted by Gasteiger charge is -1.90. The van der Waals surface area contributed by atoms with Crippen LogP contribution in [-0.2, 0) is 15.6 Å². The number of carboxylic acid groups (broad SMARTS) is 1. The van der Waals surface area contributed by atoms with Gasteiger partial charge < -0.3 is 14.4 Å². The van der Waals surface area contributed by atoms with Gasteiger partial charge in [0.1, 0.15) is 11.4 Å². The molecule has 0 radical (unpaired) electrons. The summed E-state index contributed by atoms with van der Waals surface area (Å²) in [7, 11) is -3.24. The molecule has 0 bridgehead atoms. The quantitative estimate of drug-likeness (QED) is 0.599. The normalized spacial score (nSPS) is 11.5. The lowest BCUT2D eigenvalue weighted by Crippen LogP contribution is -2.22. The lowest BCUT2D eigenvalue weighted by molar-refractivity contribution is -0.255. The van der Waals surface area contributed by atoms with E-state index in [0.29, 0.717) is 0 Å². The monoisotopic (exact) mass is 204 g/mol. The summed E-state index contributed by atoms with van der Waals surface area (Å²) in [6, 6.07) is 1.02. The Hall–Kier alpha value is -1.37. The number of aromatic nitrogens is 1. The van der Waals surface area contributed by atoms with Crippen molar-refractivity contribution in [3.05, 3.63) is 17.5 Å². The Kier molecular flexibility index (Phi) is 2.37. The minimum Gasteiger partial charge on any atom is -0.543 e. The highest BCUT2D eigenvalue weighted by molar-refractivity contribution is 7.89. The molecule has 0 saturated carbocycles. The number of carbonyl (C=O) groups excluding carboxylic acids is 1. The average molecular weight is 204 g/mol. The minimum absolute atomic E-state index is 0.0123. The molecule has 0 N–H and O–H groups in total. The SMILES string of the molecule is CS(=O)(=O)Cc1cc(C(=O)[O-])no1. The third kappa shape index (κ3) is 2.86. The van der Waals surface area contributed by atoms with Crippen LogP contribution in [0.1, 0.15) is 16.2 Å². The molecule has 0 aliphatic rings. The average Bonchev–Trinajstić information content (AvgIpc) is 2.31. The second-order valence-electron chi connectivity index (χ2n) is 2.54. The molecule has 1 rings (SSSR count). The van der Waals surface area contributed by atoms with Crippen molar-refractivity contribution in [2.75, 3.05) is 6.26 Å². The Morgan fingerprint density at radius 1 is 1.69 bits per heavy atom. The summed E-state index contributed by atoms with van der Waals surface area (Å²) in [4.78, 5) is 10.2. The molecule has 0 spiro atoms. The Labute approximate surface area is 74.1 Å². The Morgan fingerprint density at radius 3 is 2.69 bits per heavy atom. The molecule has 0 aliphatic carbocycles. The molecule has 0 aromatic carbocycles. The second kappa shape index (κ2) is 3.17. The number of rotatable bonds is 3. The number of aromatic carboxylic acids is 1. The molecule has 0 aliphatic heterocycles. The molecule has 0 amide bonds. The molecule has 1 heterocycles. The van der Waals surface area contributed by atoms with Crippen LogP contribution in [0.4, 0.5) is 0 Å². The van der Waals surface area contributed by atoms with Gasteiger partial charge in [0.15, 0.2) is 15.6 Å². The summed E-state index contributed by atoms with van der Waals surface area (Å²) in [5, 5.41) is 13.3. The first-order valence-electron chi connectivity index (χ1n) is 3.23. The van der Waals surface area contributed by atoms with Gasteiger partial charge >= 0.3 is 0 Å². The molecular weight excluding hydrogens is 198 g/mol. The van der Waals surface area contributed by atoms with E-state index in [2.05, 4.69) is 9.68 Å². The summed E-state index contributed by atoms with van der Waals surface area (Å²) in [6.45, 7) is 0. The largest absolute Gasteiger partial charge is 0.543 e. The van der Waals surface area contributed by atoms with Crippen molar-refractivity contribution in [3.8, 4) is 0 Å². The first-order chi connectivity index (χ1) is 5.88. The molecule has 7 heteroatoms. The standard InChI is InChI=1S/C6H7NO5S/c1-13(10,11)3-4-2-5(6(8)9)7-12-4/h2H,3H2,1H3,(H,8,9)/p-1. The van der Waals surface area contributed by atoms with Crippen molar-refractivity contribution < 1.29 is 22.8 Å². The van der Waals surface area contributed by atoms with Gasteiger partial charge in [-0.05, 0) is 0 Å². The second-order valence-corrected chi connectivity index (χ2v) is 4.68. The van der Waals surface area contributed by atoms with Crippen molar-refractivity contribution in [1.29, 1.82) is 0 Å². The fraction of sp³-hybridized carbons (Fsp3) is 0.333. The summed E-state index contributed by atoms with van der Waals surface area (Å²) < 4.78 is 25.9. The van der Waals surface area contributed by atoms with Gasteiger partial charge in [0.2, 0.25) is 0 Å². The van der Waals surface area contributed by atoms with E-state index in [9.17, 15) is 18.3 Å². The fourth-order valence-electron chi connectivity index (χ4n) is 0.736. The number of sulfone groups is 1. The van der Waals surface area contributed by atoms with Gasteiger partial charge in [-0.3, -0.25) is 0 Å². The Balaban J connectivity index is 2.87. The van der Waals surface area contributed by atoms with Crippen LogP contribution in [0.5, 0.6) is 0 Å². The van der Waals surface area contributed by atoms with Crippen molar-refractivity contribution in [2.45, 2.75) is 5.75 Å². The van der Waals surface area contributed by atoms with Crippen LogP contribution in [0.2, 0.25) is 0 Å². The van der Waals surface area contributed by atoms with Gasteiger partial charge in [0, 0.05) is 12.3 Å². The number of carbonyl (C=O) groups is 1. The molecule has 0 unspecified atom stereocenters. The maximum atomic E-state index is 10.7. The molecule has 1 aromatic heterocycles. The van der Waals surface area contributed by atoms with E-state index in [-0.39, 0.29) is 11.5 Å². The highest BCUT2D eigenvalue weighted by Crippen LogP contribution is 2.06. The number of nitrogens with zero attached hydrogens (tertiary/aromatic N) is 1. The van der Waals surface area contributed by atoms with E-state index < -0.39 is 21.5 Å². The highest BCUT2D eigenvalue weighted by Gasteiger charge is 2.10. The predicted octanol–water partition coefficient (Wildman–Crippen LogP) is -1.42. The van der Waals surface area contributed by atoms with Gasteiger partial charge in [0.25, 0.3) is 0 Å². The van der Waals surface area contributed by atoms with E-state index in [1.165, 1.54) is 0 Å². The lowest BCUT2D eigenvalue weighted by atomic mass is 10.4. The zero-order valence-corrected chi connectivity index (χ0v) is 7.50. The van der Waals surface area contributed by atoms with E-state index in [1.54, 1.807) is 0 Å². The van der Waals surface area contributed by atoms with E-state index in [0.717, 1.165) is 12.3 Å². The zero-order valence-electron chi connectivity index (χ0n) is 6.68. The van der Waals surface area contributed by atoms with Crippen LogP contribution in [0.25, 0.3) is 0 Å². The van der Waals surface area contributed by atoms with Crippen LogP contribution in [0.3, 0.4) is 0 Å². The minimum atomic E-state index is -3.24. The zero-order chi connectivity index (χ0) is 10.1. The topological polar surface area (TPSA) is 100 Å². The van der Waals surface area contributed by atoms with Gasteiger partial charge in [0.05, 0.1) is 5.97 Å². The Bertz CT molecular complexity index is 418. The van der Waals surface area contributed by atoms with Crippen LogP contribution >= 0.6 is 0 Å². The predicted molar refractivity (Wildman–Crippen MR) is 39.4 cm³/mol. The molecule has 6 nitrogen and oxygen atoms in total. The molecular formula is C6H6NO5S-. The first-order valence-corrected chi connectivity index (χ1v) is 5.29. The van der Waals surface area contributed by atoms with Gasteiger partial charge in [-0.15, -0.1) is 0 Å². The maximum absolute atomic E-state index is 10.7. The fourth-order valence-corrected chi connectivity index (χ4v) is 1.39. The molecule has 0 saturated heterocycles. The summed E-state index contributed by atoms with van der Waals surface area (Å²) in [6.07, 6.45) is 1.01. The maximum Gasteiger partial charge on any atom is 0.154 e. The van der Waals surface area contributed by atoms with Crippen molar-refractivity contribution in [3.63, 3.8) is 0 Å². The van der Waals surface area contributed by atoms with Crippen LogP contribution in [-0.4, -0.2) is 25.8 Å². The number of carboxylic acids is 1. The van der Waals surface area contributed by atoms with E-state index >= 15 is 0 Å². The van der Waals surface area contributed by atoms with Gasteiger partial charge in [-0.25, -0.2) is 8.42 Å². The summed E-state index contributed by atoms with van der Waals surface area (Å²) in [5.41, 5.74) is -0.404. The molecule has 72 valence electrons. The van der Waals surface area contributed by atoms with Crippen molar-refractivity contribution in [1.82, 2.24) is 5.16 Å². The van der Waals surface area contributed by atoms with Gasteiger partial charge in [-0.2, -0.15) is 0 Å². The molecule has 13 heavy (non-hydrogen) atoms. The number of hydrogen-bond acceptors (Lipinski definition) is 6. The van der Waals surface area contributed by atoms with E-state index in [4.69, 9.17) is 0 Å². The third-order valence-corrected chi connectivity index (χ3v) is 1.98. The van der Waals surface area contributed by atoms with E-state index in [1.807, 2.05) is 0 Å². The first kappa shape index (κ1) is 9.72.